The summed E-state index contributed by atoms with van der Waals surface area (Å²) in [6.45, 7) is 8.20. The predicted octanol–water partition coefficient (Wildman–Crippen LogP) is 1.57. The van der Waals surface area contributed by atoms with Crippen molar-refractivity contribution in [2.45, 2.75) is 20.4 Å². The van der Waals surface area contributed by atoms with Crippen LogP contribution in [0.25, 0.3) is 0 Å². The van der Waals surface area contributed by atoms with E-state index in [0.29, 0.717) is 11.3 Å². The van der Waals surface area contributed by atoms with Gasteiger partial charge in [0.1, 0.15) is 6.54 Å². The fourth-order valence-electron chi connectivity index (χ4n) is 3.28. The number of carbonyl (C=O) groups excluding carboxylic acids is 2. The minimum atomic E-state index is -0.289. The van der Waals surface area contributed by atoms with Gasteiger partial charge in [-0.1, -0.05) is 13.0 Å². The summed E-state index contributed by atoms with van der Waals surface area (Å²) in [6.07, 6.45) is 1.65. The number of likely N-dealkylation sites (N-methyl/N-ethyl adjacent to an activating group) is 1. The van der Waals surface area contributed by atoms with Gasteiger partial charge in [0.15, 0.2) is 0 Å². The first kappa shape index (κ1) is 19.8. The van der Waals surface area contributed by atoms with E-state index in [1.165, 1.54) is 10.6 Å². The second kappa shape index (κ2) is 8.84. The van der Waals surface area contributed by atoms with Crippen LogP contribution in [0.2, 0.25) is 0 Å². The number of hydrogen-bond donors (Lipinski definition) is 1. The highest BCUT2D eigenvalue weighted by Crippen LogP contribution is 2.13. The summed E-state index contributed by atoms with van der Waals surface area (Å²) in [5, 5.41) is 2.77. The van der Waals surface area contributed by atoms with Crippen LogP contribution in [0.3, 0.4) is 0 Å². The number of rotatable bonds is 5. The lowest BCUT2D eigenvalue weighted by Crippen LogP contribution is -2.48. The summed E-state index contributed by atoms with van der Waals surface area (Å²) < 4.78 is 1.37. The van der Waals surface area contributed by atoms with Crippen molar-refractivity contribution < 1.29 is 9.59 Å². The molecular weight excluding hydrogens is 356 g/mol. The monoisotopic (exact) mass is 382 g/mol. The van der Waals surface area contributed by atoms with E-state index in [1.807, 2.05) is 11.8 Å². The number of hydrogen-bond acceptors (Lipinski definition) is 4. The van der Waals surface area contributed by atoms with E-state index in [0.717, 1.165) is 38.3 Å². The maximum Gasteiger partial charge on any atom is 0.253 e. The lowest BCUT2D eigenvalue weighted by atomic mass is 10.1. The Morgan fingerprint density at radius 2 is 1.68 bits per heavy atom. The van der Waals surface area contributed by atoms with E-state index in [1.54, 1.807) is 36.5 Å². The third-order valence-electron chi connectivity index (χ3n) is 4.97. The van der Waals surface area contributed by atoms with Crippen LogP contribution < -0.4 is 10.9 Å². The third kappa shape index (κ3) is 4.86. The maximum absolute atomic E-state index is 12.6. The Bertz CT molecular complexity index is 897. The molecule has 1 fully saturated rings. The van der Waals surface area contributed by atoms with E-state index in [4.69, 9.17) is 0 Å². The molecule has 28 heavy (non-hydrogen) atoms. The van der Waals surface area contributed by atoms with Crippen molar-refractivity contribution in [2.24, 2.45) is 0 Å². The summed E-state index contributed by atoms with van der Waals surface area (Å²) in [6, 6.07) is 10.0. The Balaban J connectivity index is 1.58. The van der Waals surface area contributed by atoms with Crippen LogP contribution in [-0.2, 0) is 11.3 Å². The molecule has 0 saturated carbocycles. The number of anilines is 1. The van der Waals surface area contributed by atoms with Crippen LogP contribution in [0.5, 0.6) is 0 Å². The van der Waals surface area contributed by atoms with Crippen LogP contribution in [0.15, 0.2) is 47.4 Å². The molecule has 1 aliphatic heterocycles. The molecule has 2 aromatic rings. The van der Waals surface area contributed by atoms with Crippen molar-refractivity contribution in [3.05, 3.63) is 64.1 Å². The number of amides is 2. The summed E-state index contributed by atoms with van der Waals surface area (Å²) in [7, 11) is 0. The van der Waals surface area contributed by atoms with Crippen LogP contribution in [0, 0.1) is 6.92 Å². The minimum Gasteiger partial charge on any atom is -0.336 e. The van der Waals surface area contributed by atoms with Crippen LogP contribution in [-0.4, -0.2) is 58.9 Å². The van der Waals surface area contributed by atoms with Crippen LogP contribution in [0.4, 0.5) is 5.69 Å². The van der Waals surface area contributed by atoms with Gasteiger partial charge in [0.25, 0.3) is 11.5 Å². The Kier molecular flexibility index (Phi) is 6.26. The van der Waals surface area contributed by atoms with E-state index in [2.05, 4.69) is 17.1 Å². The minimum absolute atomic E-state index is 0.0138. The molecule has 2 amide bonds. The Morgan fingerprint density at radius 3 is 2.32 bits per heavy atom. The quantitative estimate of drug-likeness (QED) is 0.852. The molecule has 3 rings (SSSR count). The number of benzene rings is 1. The molecule has 0 unspecified atom stereocenters. The molecule has 1 aromatic heterocycles. The molecule has 2 heterocycles. The molecule has 7 heteroatoms. The smallest absolute Gasteiger partial charge is 0.253 e. The predicted molar refractivity (Wildman–Crippen MR) is 109 cm³/mol. The van der Waals surface area contributed by atoms with Gasteiger partial charge in [-0.2, -0.15) is 0 Å². The van der Waals surface area contributed by atoms with Gasteiger partial charge in [-0.05, 0) is 43.3 Å². The summed E-state index contributed by atoms with van der Waals surface area (Å²) in [5.41, 5.74) is 1.90. The first-order valence-corrected chi connectivity index (χ1v) is 9.55. The summed E-state index contributed by atoms with van der Waals surface area (Å²) >= 11 is 0. The largest absolute Gasteiger partial charge is 0.336 e. The number of aromatic nitrogens is 1. The molecule has 7 nitrogen and oxygen atoms in total. The van der Waals surface area contributed by atoms with Gasteiger partial charge in [0, 0.05) is 49.7 Å². The highest BCUT2D eigenvalue weighted by Gasteiger charge is 2.21. The second-order valence-corrected chi connectivity index (χ2v) is 7.02. The number of aryl methyl sites for hydroxylation is 1. The zero-order chi connectivity index (χ0) is 20.1. The molecule has 0 atom stereocenters. The maximum atomic E-state index is 12.6. The fourth-order valence-corrected chi connectivity index (χ4v) is 3.28. The molecule has 0 bridgehead atoms. The molecule has 1 aliphatic rings. The van der Waals surface area contributed by atoms with Crippen molar-refractivity contribution in [1.29, 1.82) is 0 Å². The lowest BCUT2D eigenvalue weighted by Gasteiger charge is -2.34. The van der Waals surface area contributed by atoms with Crippen molar-refractivity contribution in [2.75, 3.05) is 38.0 Å². The third-order valence-corrected chi connectivity index (χ3v) is 4.97. The summed E-state index contributed by atoms with van der Waals surface area (Å²) in [4.78, 5) is 40.8. The fraction of sp³-hybridized carbons (Fsp3) is 0.381. The molecule has 1 aromatic carbocycles. The molecule has 0 radical (unpaired) electrons. The first-order chi connectivity index (χ1) is 13.5. The highest BCUT2D eigenvalue weighted by atomic mass is 16.2. The van der Waals surface area contributed by atoms with Crippen LogP contribution in [0.1, 0.15) is 22.8 Å². The SMILES string of the molecule is CCN1CCN(C(=O)c2ccc(NC(=O)Cn3cc(C)ccc3=O)cc2)CC1. The van der Waals surface area contributed by atoms with E-state index < -0.39 is 0 Å². The standard InChI is InChI=1S/C21H26N4O3/c1-3-23-10-12-24(13-11-23)21(28)17-5-7-18(8-6-17)22-19(26)15-25-14-16(2)4-9-20(25)27/h4-9,14H,3,10-13,15H2,1-2H3,(H,22,26). The van der Waals surface area contributed by atoms with Crippen LogP contribution >= 0.6 is 0 Å². The number of nitrogens with zero attached hydrogens (tertiary/aromatic N) is 3. The van der Waals surface area contributed by atoms with Gasteiger partial charge in [0.2, 0.25) is 5.91 Å². The average Bonchev–Trinajstić information content (AvgIpc) is 2.71. The lowest BCUT2D eigenvalue weighted by molar-refractivity contribution is -0.116. The van der Waals surface area contributed by atoms with Gasteiger partial charge < -0.3 is 19.7 Å². The molecule has 0 aliphatic carbocycles. The van der Waals surface area contributed by atoms with E-state index >= 15 is 0 Å². The Labute approximate surface area is 164 Å². The normalized spacial score (nSPS) is 14.7. The molecule has 148 valence electrons. The van der Waals surface area contributed by atoms with Gasteiger partial charge >= 0.3 is 0 Å². The van der Waals surface area contributed by atoms with Crippen molar-refractivity contribution in [3.63, 3.8) is 0 Å². The zero-order valence-electron chi connectivity index (χ0n) is 16.4. The van der Waals surface area contributed by atoms with Gasteiger partial charge in [-0.25, -0.2) is 0 Å². The van der Waals surface area contributed by atoms with Gasteiger partial charge in [-0.3, -0.25) is 14.4 Å². The number of nitrogens with one attached hydrogen (secondary N) is 1. The van der Waals surface area contributed by atoms with Crippen molar-refractivity contribution in [1.82, 2.24) is 14.4 Å². The average molecular weight is 382 g/mol. The highest BCUT2D eigenvalue weighted by molar-refractivity contribution is 5.95. The second-order valence-electron chi connectivity index (χ2n) is 7.02. The Morgan fingerprint density at radius 1 is 1.00 bits per heavy atom. The topological polar surface area (TPSA) is 74.7 Å². The Hall–Kier alpha value is -2.93. The number of pyridine rings is 1. The zero-order valence-corrected chi connectivity index (χ0v) is 16.4. The van der Waals surface area contributed by atoms with E-state index in [9.17, 15) is 14.4 Å². The number of piperazine rings is 1. The van der Waals surface area contributed by atoms with Crippen molar-refractivity contribution in [3.8, 4) is 0 Å². The van der Waals surface area contributed by atoms with Crippen molar-refractivity contribution >= 4 is 17.5 Å². The molecular formula is C21H26N4O3. The van der Waals surface area contributed by atoms with E-state index in [-0.39, 0.29) is 23.9 Å². The summed E-state index contributed by atoms with van der Waals surface area (Å²) in [5.74, 6) is -0.276. The first-order valence-electron chi connectivity index (χ1n) is 9.55. The molecule has 1 saturated heterocycles. The van der Waals surface area contributed by atoms with Gasteiger partial charge in [-0.15, -0.1) is 0 Å². The van der Waals surface area contributed by atoms with Gasteiger partial charge in [0.05, 0.1) is 0 Å². The molecule has 1 N–H and O–H groups in total. The number of carbonyl (C=O) groups is 2. The molecule has 0 spiro atoms.